The van der Waals surface area contributed by atoms with Gasteiger partial charge in [0.05, 0.1) is 23.1 Å². The van der Waals surface area contributed by atoms with E-state index in [1.807, 2.05) is 0 Å². The van der Waals surface area contributed by atoms with E-state index in [2.05, 4.69) is 29.1 Å². The number of esters is 1. The maximum Gasteiger partial charge on any atom is 0.338 e. The van der Waals surface area contributed by atoms with E-state index in [-0.39, 0.29) is 18.1 Å². The fraction of sp³-hybridized carbons (Fsp3) is 0.400. The molecule has 2 aromatic rings. The van der Waals surface area contributed by atoms with E-state index < -0.39 is 11.2 Å². The number of benzene rings is 1. The Morgan fingerprint density at radius 2 is 2.00 bits per heavy atom. The molecular weight excluding hydrogens is 410 g/mol. The van der Waals surface area contributed by atoms with Gasteiger partial charge in [0.2, 0.25) is 5.91 Å². The smallest absolute Gasteiger partial charge is 0.338 e. The van der Waals surface area contributed by atoms with Crippen molar-refractivity contribution in [3.8, 4) is 0 Å². The summed E-state index contributed by atoms with van der Waals surface area (Å²) >= 11 is 2.87. The first-order valence-corrected chi connectivity index (χ1v) is 11.2. The van der Waals surface area contributed by atoms with Gasteiger partial charge in [-0.15, -0.1) is 0 Å². The second-order valence-corrected chi connectivity index (χ2v) is 9.35. The summed E-state index contributed by atoms with van der Waals surface area (Å²) in [6, 6.07) is 8.04. The molecule has 1 aromatic carbocycles. The van der Waals surface area contributed by atoms with Crippen molar-refractivity contribution in [2.75, 3.05) is 11.9 Å². The third kappa shape index (κ3) is 7.58. The Kier molecular flexibility index (Phi) is 8.78. The van der Waals surface area contributed by atoms with Crippen LogP contribution in [0.3, 0.4) is 0 Å². The lowest BCUT2D eigenvalue weighted by atomic mass is 10.2. The Balaban J connectivity index is 2.03. The Labute approximate surface area is 178 Å². The molecule has 1 amide bonds. The Morgan fingerprint density at radius 1 is 1.24 bits per heavy atom. The standard InChI is InChI=1S/C20H25N3O4S2/c1-5-27-19(26)14-7-6-8-15(9-14)21-18(25)13(4)29-20-22-16(10-17(24)23-20)11-28-12(2)3/h6-10,12-13H,5,11H2,1-4H3,(H,21,25)(H,22,23,24). The summed E-state index contributed by atoms with van der Waals surface area (Å²) in [5, 5.41) is 3.11. The van der Waals surface area contributed by atoms with Crippen LogP contribution in [0.15, 0.2) is 40.3 Å². The lowest BCUT2D eigenvalue weighted by Gasteiger charge is -2.13. The number of hydrogen-bond acceptors (Lipinski definition) is 7. The number of thioether (sulfide) groups is 2. The normalized spacial score (nSPS) is 11.9. The molecule has 29 heavy (non-hydrogen) atoms. The SMILES string of the molecule is CCOC(=O)c1cccc(NC(=O)C(C)Sc2nc(CSC(C)C)cc(=O)[nH]2)c1. The molecule has 1 atom stereocenters. The summed E-state index contributed by atoms with van der Waals surface area (Å²) in [7, 11) is 0. The molecule has 0 bridgehead atoms. The van der Waals surface area contributed by atoms with Crippen molar-refractivity contribution in [3.05, 3.63) is 51.9 Å². The Hall–Kier alpha value is -2.26. The topological polar surface area (TPSA) is 101 Å². The van der Waals surface area contributed by atoms with Crippen LogP contribution >= 0.6 is 23.5 Å². The summed E-state index contributed by atoms with van der Waals surface area (Å²) < 4.78 is 4.97. The van der Waals surface area contributed by atoms with Crippen molar-refractivity contribution >= 4 is 41.1 Å². The first-order valence-electron chi connectivity index (χ1n) is 9.25. The predicted molar refractivity (Wildman–Crippen MR) is 118 cm³/mol. The molecule has 0 aliphatic heterocycles. The number of ether oxygens (including phenoxy) is 1. The van der Waals surface area contributed by atoms with Crippen LogP contribution in [0.1, 0.15) is 43.7 Å². The molecular formula is C20H25N3O4S2. The molecule has 9 heteroatoms. The third-order valence-electron chi connectivity index (χ3n) is 3.64. The summed E-state index contributed by atoms with van der Waals surface area (Å²) in [6.07, 6.45) is 0. The first kappa shape index (κ1) is 23.0. The van der Waals surface area contributed by atoms with Crippen LogP contribution in [0.5, 0.6) is 0 Å². The number of rotatable bonds is 9. The predicted octanol–water partition coefficient (Wildman–Crippen LogP) is 3.71. The van der Waals surface area contributed by atoms with Crippen molar-refractivity contribution in [2.45, 2.75) is 49.1 Å². The van der Waals surface area contributed by atoms with E-state index >= 15 is 0 Å². The van der Waals surface area contributed by atoms with Crippen molar-refractivity contribution in [1.82, 2.24) is 9.97 Å². The summed E-state index contributed by atoms with van der Waals surface area (Å²) in [5.41, 5.74) is 1.31. The van der Waals surface area contributed by atoms with E-state index in [9.17, 15) is 14.4 Å². The van der Waals surface area contributed by atoms with Gasteiger partial charge in [0.25, 0.3) is 5.56 Å². The highest BCUT2D eigenvalue weighted by atomic mass is 32.2. The number of nitrogens with zero attached hydrogens (tertiary/aromatic N) is 1. The van der Waals surface area contributed by atoms with Crippen LogP contribution in [0, 0.1) is 0 Å². The minimum Gasteiger partial charge on any atom is -0.462 e. The highest BCUT2D eigenvalue weighted by molar-refractivity contribution is 8.00. The lowest BCUT2D eigenvalue weighted by molar-refractivity contribution is -0.115. The maximum atomic E-state index is 12.5. The molecule has 0 saturated carbocycles. The number of aromatic amines is 1. The number of aromatic nitrogens is 2. The van der Waals surface area contributed by atoms with Gasteiger partial charge in [-0.1, -0.05) is 31.7 Å². The van der Waals surface area contributed by atoms with Gasteiger partial charge in [0.15, 0.2) is 5.16 Å². The van der Waals surface area contributed by atoms with Gasteiger partial charge >= 0.3 is 5.97 Å². The van der Waals surface area contributed by atoms with Gasteiger partial charge < -0.3 is 15.0 Å². The molecule has 0 saturated heterocycles. The molecule has 2 rings (SSSR count). The zero-order valence-electron chi connectivity index (χ0n) is 16.9. The van der Waals surface area contributed by atoms with Crippen LogP contribution in [0.2, 0.25) is 0 Å². The molecule has 156 valence electrons. The van der Waals surface area contributed by atoms with Crippen LogP contribution in [0.4, 0.5) is 5.69 Å². The quantitative estimate of drug-likeness (QED) is 0.352. The lowest BCUT2D eigenvalue weighted by Crippen LogP contribution is -2.23. The second kappa shape index (κ2) is 11.1. The largest absolute Gasteiger partial charge is 0.462 e. The molecule has 0 spiro atoms. The third-order valence-corrected chi connectivity index (χ3v) is 5.75. The van der Waals surface area contributed by atoms with Crippen molar-refractivity contribution in [1.29, 1.82) is 0 Å². The number of anilines is 1. The van der Waals surface area contributed by atoms with Gasteiger partial charge in [-0.2, -0.15) is 11.8 Å². The summed E-state index contributed by atoms with van der Waals surface area (Å²) in [4.78, 5) is 43.4. The van der Waals surface area contributed by atoms with E-state index in [4.69, 9.17) is 4.74 Å². The molecule has 1 heterocycles. The highest BCUT2D eigenvalue weighted by Gasteiger charge is 2.17. The second-order valence-electron chi connectivity index (χ2n) is 6.45. The van der Waals surface area contributed by atoms with Crippen molar-refractivity contribution < 1.29 is 14.3 Å². The molecule has 0 aliphatic carbocycles. The minimum atomic E-state index is -0.502. The van der Waals surface area contributed by atoms with Gasteiger partial charge in [0, 0.05) is 17.5 Å². The van der Waals surface area contributed by atoms with E-state index in [0.717, 1.165) is 0 Å². The number of hydrogen-bond donors (Lipinski definition) is 2. The van der Waals surface area contributed by atoms with E-state index in [1.54, 1.807) is 49.9 Å². The monoisotopic (exact) mass is 435 g/mol. The fourth-order valence-corrected chi connectivity index (χ4v) is 3.75. The summed E-state index contributed by atoms with van der Waals surface area (Å²) in [5.74, 6) is -0.0689. The molecule has 2 N–H and O–H groups in total. The van der Waals surface area contributed by atoms with Crippen LogP contribution in [-0.2, 0) is 15.3 Å². The number of carbonyl (C=O) groups is 2. The first-order chi connectivity index (χ1) is 13.8. The zero-order valence-corrected chi connectivity index (χ0v) is 18.5. The molecule has 0 aliphatic rings. The number of carbonyl (C=O) groups excluding carboxylic acids is 2. The Morgan fingerprint density at radius 3 is 2.69 bits per heavy atom. The zero-order chi connectivity index (χ0) is 21.4. The average molecular weight is 436 g/mol. The van der Waals surface area contributed by atoms with Crippen LogP contribution in [0.25, 0.3) is 0 Å². The van der Waals surface area contributed by atoms with Gasteiger partial charge in [-0.05, 0) is 37.3 Å². The van der Waals surface area contributed by atoms with Gasteiger partial charge in [-0.3, -0.25) is 9.59 Å². The van der Waals surface area contributed by atoms with Crippen molar-refractivity contribution in [3.63, 3.8) is 0 Å². The number of amides is 1. The molecule has 0 radical (unpaired) electrons. The summed E-state index contributed by atoms with van der Waals surface area (Å²) in [6.45, 7) is 7.90. The number of H-pyrrole nitrogens is 1. The van der Waals surface area contributed by atoms with E-state index in [1.165, 1.54) is 17.8 Å². The van der Waals surface area contributed by atoms with Gasteiger partial charge in [-0.25, -0.2) is 9.78 Å². The van der Waals surface area contributed by atoms with Crippen molar-refractivity contribution in [2.24, 2.45) is 0 Å². The van der Waals surface area contributed by atoms with Gasteiger partial charge in [0.1, 0.15) is 0 Å². The maximum absolute atomic E-state index is 12.5. The molecule has 7 nitrogen and oxygen atoms in total. The molecule has 0 fully saturated rings. The number of nitrogens with one attached hydrogen (secondary N) is 2. The molecule has 1 unspecified atom stereocenters. The minimum absolute atomic E-state index is 0.239. The highest BCUT2D eigenvalue weighted by Crippen LogP contribution is 2.22. The molecule has 1 aromatic heterocycles. The van der Waals surface area contributed by atoms with E-state index in [0.29, 0.717) is 33.1 Å². The van der Waals surface area contributed by atoms with Crippen LogP contribution in [-0.4, -0.2) is 39.0 Å². The van der Waals surface area contributed by atoms with Crippen LogP contribution < -0.4 is 10.9 Å². The fourth-order valence-electron chi connectivity index (χ4n) is 2.27. The Bertz CT molecular complexity index is 915. The average Bonchev–Trinajstić information content (AvgIpc) is 2.66.